The smallest absolute Gasteiger partial charge is 0.265 e. The van der Waals surface area contributed by atoms with Gasteiger partial charge in [-0.1, -0.05) is 48.0 Å². The molecule has 4 aromatic rings. The maximum Gasteiger partial charge on any atom is 0.265 e. The van der Waals surface area contributed by atoms with Crippen molar-refractivity contribution in [3.8, 4) is 23.0 Å². The molecule has 1 amide bonds. The first-order chi connectivity index (χ1) is 19.3. The van der Waals surface area contributed by atoms with E-state index in [1.165, 1.54) is 51.7 Å². The maximum absolute atomic E-state index is 13.9. The number of fused-ring (bicyclic) bond motifs is 1. The van der Waals surface area contributed by atoms with E-state index in [1.807, 2.05) is 42.5 Å². The van der Waals surface area contributed by atoms with Gasteiger partial charge in [0, 0.05) is 16.5 Å². The number of amides is 1. The number of ether oxygens (including phenoxy) is 4. The first-order valence-electron chi connectivity index (χ1n) is 12.2. The van der Waals surface area contributed by atoms with Crippen LogP contribution in [0.1, 0.15) is 0 Å². The van der Waals surface area contributed by atoms with Crippen molar-refractivity contribution in [2.75, 3.05) is 45.3 Å². The predicted molar refractivity (Wildman–Crippen MR) is 155 cm³/mol. The Kier molecular flexibility index (Phi) is 9.23. The molecule has 0 bridgehead atoms. The van der Waals surface area contributed by atoms with Gasteiger partial charge >= 0.3 is 0 Å². The van der Waals surface area contributed by atoms with Crippen LogP contribution in [0.2, 0.25) is 5.02 Å². The van der Waals surface area contributed by atoms with Crippen LogP contribution in [-0.2, 0) is 14.8 Å². The summed E-state index contributed by atoms with van der Waals surface area (Å²) >= 11 is 6.21. The average molecular weight is 585 g/mol. The van der Waals surface area contributed by atoms with Gasteiger partial charge < -0.3 is 24.3 Å². The first kappa shape index (κ1) is 28.8. The van der Waals surface area contributed by atoms with Crippen molar-refractivity contribution in [1.82, 2.24) is 5.32 Å². The van der Waals surface area contributed by atoms with Crippen molar-refractivity contribution in [2.45, 2.75) is 4.90 Å². The van der Waals surface area contributed by atoms with Gasteiger partial charge in [0.25, 0.3) is 10.0 Å². The number of rotatable bonds is 12. The molecule has 0 atom stereocenters. The van der Waals surface area contributed by atoms with Gasteiger partial charge in [0.2, 0.25) is 5.91 Å². The molecule has 11 heteroatoms. The van der Waals surface area contributed by atoms with Gasteiger partial charge in [-0.05, 0) is 41.8 Å². The molecule has 0 saturated carbocycles. The lowest BCUT2D eigenvalue weighted by Crippen LogP contribution is -2.42. The number of hydrogen-bond acceptors (Lipinski definition) is 7. The molecule has 1 N–H and O–H groups in total. The largest absolute Gasteiger partial charge is 0.495 e. The Morgan fingerprint density at radius 3 is 2.27 bits per heavy atom. The van der Waals surface area contributed by atoms with E-state index in [0.717, 1.165) is 15.1 Å². The van der Waals surface area contributed by atoms with Crippen molar-refractivity contribution < 1.29 is 32.2 Å². The van der Waals surface area contributed by atoms with Crippen LogP contribution in [0.25, 0.3) is 10.8 Å². The molecule has 0 fully saturated rings. The third kappa shape index (κ3) is 6.35. The second-order valence-electron chi connectivity index (χ2n) is 8.52. The normalized spacial score (nSPS) is 11.1. The molecule has 0 aliphatic rings. The van der Waals surface area contributed by atoms with Crippen LogP contribution in [-0.4, -0.2) is 55.4 Å². The summed E-state index contributed by atoms with van der Waals surface area (Å²) in [5, 5.41) is 4.99. The van der Waals surface area contributed by atoms with E-state index >= 15 is 0 Å². The van der Waals surface area contributed by atoms with Crippen molar-refractivity contribution >= 4 is 44.0 Å². The number of nitrogens with zero attached hydrogens (tertiary/aromatic N) is 1. The molecule has 0 unspecified atom stereocenters. The molecule has 4 aromatic carbocycles. The summed E-state index contributed by atoms with van der Waals surface area (Å²) in [5.41, 5.74) is 0.104. The quantitative estimate of drug-likeness (QED) is 0.236. The fraction of sp³-hybridized carbons (Fsp3) is 0.207. The van der Waals surface area contributed by atoms with E-state index in [1.54, 1.807) is 6.07 Å². The average Bonchev–Trinajstić information content (AvgIpc) is 2.97. The molecular weight excluding hydrogens is 556 g/mol. The number of hydrogen-bond donors (Lipinski definition) is 1. The first-order valence-corrected chi connectivity index (χ1v) is 14.1. The van der Waals surface area contributed by atoms with Crippen LogP contribution in [0.5, 0.6) is 23.0 Å². The lowest BCUT2D eigenvalue weighted by molar-refractivity contribution is -0.119. The standard InChI is InChI=1S/C29H29ClN2O7S/c1-36-26-13-11-21(30)17-24(26)32(40(34,35)22-12-14-27(37-2)28(18-22)38-3)19-29(33)31-15-16-39-25-10-6-8-20-7-4-5-9-23(20)25/h4-14,17-18H,15-16,19H2,1-3H3,(H,31,33). The van der Waals surface area contributed by atoms with Crippen LogP contribution < -0.4 is 28.6 Å². The SMILES string of the molecule is COc1ccc(S(=O)(=O)N(CC(=O)NCCOc2cccc3ccccc23)c2cc(Cl)ccc2OC)cc1OC. The van der Waals surface area contributed by atoms with Crippen LogP contribution in [0.15, 0.2) is 83.8 Å². The zero-order valence-electron chi connectivity index (χ0n) is 22.2. The Bertz CT molecular complexity index is 1610. The molecular formula is C29H29ClN2O7S. The summed E-state index contributed by atoms with van der Waals surface area (Å²) in [6, 6.07) is 22.3. The van der Waals surface area contributed by atoms with Crippen LogP contribution in [0.4, 0.5) is 5.69 Å². The number of carbonyl (C=O) groups is 1. The number of methoxy groups -OCH3 is 3. The Labute approximate surface area is 238 Å². The zero-order valence-corrected chi connectivity index (χ0v) is 23.8. The number of nitrogens with one attached hydrogen (secondary N) is 1. The molecule has 0 heterocycles. The molecule has 0 aromatic heterocycles. The minimum atomic E-state index is -4.29. The second-order valence-corrected chi connectivity index (χ2v) is 10.8. The molecule has 0 aliphatic carbocycles. The minimum Gasteiger partial charge on any atom is -0.495 e. The summed E-state index contributed by atoms with van der Waals surface area (Å²) in [6.07, 6.45) is 0. The fourth-order valence-corrected chi connectivity index (χ4v) is 5.73. The Hall–Kier alpha value is -4.15. The Balaban J connectivity index is 1.55. The fourth-order valence-electron chi connectivity index (χ4n) is 4.12. The van der Waals surface area contributed by atoms with E-state index in [-0.39, 0.29) is 40.3 Å². The van der Waals surface area contributed by atoms with Crippen molar-refractivity contribution in [3.05, 3.63) is 83.9 Å². The highest BCUT2D eigenvalue weighted by atomic mass is 35.5. The molecule has 0 aliphatic heterocycles. The molecule has 0 spiro atoms. The highest BCUT2D eigenvalue weighted by molar-refractivity contribution is 7.92. The van der Waals surface area contributed by atoms with Crippen molar-refractivity contribution in [3.63, 3.8) is 0 Å². The van der Waals surface area contributed by atoms with Crippen LogP contribution >= 0.6 is 11.6 Å². The zero-order chi connectivity index (χ0) is 28.7. The van der Waals surface area contributed by atoms with E-state index < -0.39 is 22.5 Å². The van der Waals surface area contributed by atoms with Crippen molar-refractivity contribution in [1.29, 1.82) is 0 Å². The third-order valence-electron chi connectivity index (χ3n) is 6.07. The molecule has 210 valence electrons. The molecule has 9 nitrogen and oxygen atoms in total. The van der Waals surface area contributed by atoms with E-state index in [0.29, 0.717) is 11.5 Å². The maximum atomic E-state index is 13.9. The van der Waals surface area contributed by atoms with Gasteiger partial charge in [-0.2, -0.15) is 0 Å². The molecule has 40 heavy (non-hydrogen) atoms. The van der Waals surface area contributed by atoms with Gasteiger partial charge in [0.1, 0.15) is 24.7 Å². The molecule has 0 saturated heterocycles. The van der Waals surface area contributed by atoms with E-state index in [4.69, 9.17) is 30.5 Å². The summed E-state index contributed by atoms with van der Waals surface area (Å²) < 4.78 is 50.5. The summed E-state index contributed by atoms with van der Waals surface area (Å²) in [4.78, 5) is 12.9. The van der Waals surface area contributed by atoms with E-state index in [2.05, 4.69) is 5.32 Å². The highest BCUT2D eigenvalue weighted by Gasteiger charge is 2.30. The number of halogens is 1. The lowest BCUT2D eigenvalue weighted by Gasteiger charge is -2.26. The Morgan fingerprint density at radius 2 is 1.52 bits per heavy atom. The number of sulfonamides is 1. The second kappa shape index (κ2) is 12.8. The predicted octanol–water partition coefficient (Wildman–Crippen LogP) is 4.91. The van der Waals surface area contributed by atoms with Gasteiger partial charge in [-0.3, -0.25) is 9.10 Å². The monoisotopic (exact) mass is 584 g/mol. The topological polar surface area (TPSA) is 103 Å². The molecule has 0 radical (unpaired) electrons. The van der Waals surface area contributed by atoms with Crippen LogP contribution in [0.3, 0.4) is 0 Å². The van der Waals surface area contributed by atoms with Crippen molar-refractivity contribution in [2.24, 2.45) is 0 Å². The molecule has 4 rings (SSSR count). The Morgan fingerprint density at radius 1 is 0.825 bits per heavy atom. The van der Waals surface area contributed by atoms with E-state index in [9.17, 15) is 13.2 Å². The number of carbonyl (C=O) groups excluding carboxylic acids is 1. The van der Waals surface area contributed by atoms with Gasteiger partial charge in [0.05, 0.1) is 38.5 Å². The van der Waals surface area contributed by atoms with Gasteiger partial charge in [-0.15, -0.1) is 0 Å². The minimum absolute atomic E-state index is 0.104. The van der Waals surface area contributed by atoms with Gasteiger partial charge in [0.15, 0.2) is 11.5 Å². The third-order valence-corrected chi connectivity index (χ3v) is 8.06. The summed E-state index contributed by atoms with van der Waals surface area (Å²) in [5.74, 6) is 0.940. The van der Waals surface area contributed by atoms with Gasteiger partial charge in [-0.25, -0.2) is 8.42 Å². The number of benzene rings is 4. The summed E-state index contributed by atoms with van der Waals surface area (Å²) in [7, 11) is -0.0351. The summed E-state index contributed by atoms with van der Waals surface area (Å²) in [6.45, 7) is -0.205. The lowest BCUT2D eigenvalue weighted by atomic mass is 10.1. The number of anilines is 1. The van der Waals surface area contributed by atoms with Crippen LogP contribution in [0, 0.1) is 0 Å². The highest BCUT2D eigenvalue weighted by Crippen LogP contribution is 2.37.